The predicted molar refractivity (Wildman–Crippen MR) is 96.7 cm³/mol. The van der Waals surface area contributed by atoms with Crippen molar-refractivity contribution in [3.05, 3.63) is 65.0 Å². The fourth-order valence-electron chi connectivity index (χ4n) is 2.27. The van der Waals surface area contributed by atoms with Gasteiger partial charge in [-0.15, -0.1) is 11.3 Å². The van der Waals surface area contributed by atoms with Crippen molar-refractivity contribution in [1.29, 1.82) is 0 Å². The fraction of sp³-hybridized carbons (Fsp3) is 0.167. The number of thiazole rings is 1. The summed E-state index contributed by atoms with van der Waals surface area (Å²) in [4.78, 5) is 4.46. The lowest BCUT2D eigenvalue weighted by atomic mass is 10.1. The van der Waals surface area contributed by atoms with Crippen molar-refractivity contribution in [1.82, 2.24) is 4.98 Å². The average molecular weight is 379 g/mol. The first-order valence-corrected chi connectivity index (χ1v) is 8.59. The van der Waals surface area contributed by atoms with Crippen LogP contribution in [0.5, 0.6) is 0 Å². The van der Waals surface area contributed by atoms with Gasteiger partial charge in [-0.2, -0.15) is 13.2 Å². The Bertz CT molecular complexity index is 866. The molecule has 0 aliphatic rings. The minimum atomic E-state index is -4.41. The summed E-state index contributed by atoms with van der Waals surface area (Å²) in [6.45, 7) is 0.274. The summed E-state index contributed by atoms with van der Waals surface area (Å²) in [5, 5.41) is 5.66. The first-order valence-electron chi connectivity index (χ1n) is 7.71. The Balaban J connectivity index is 1.51. The molecule has 4 nitrogen and oxygen atoms in total. The maximum absolute atomic E-state index is 12.6. The summed E-state index contributed by atoms with van der Waals surface area (Å²) in [7, 11) is 0. The molecule has 0 saturated carbocycles. The lowest BCUT2D eigenvalue weighted by Crippen LogP contribution is -2.09. The van der Waals surface area contributed by atoms with Crippen molar-refractivity contribution in [2.24, 2.45) is 0 Å². The van der Waals surface area contributed by atoms with E-state index in [9.17, 15) is 13.2 Å². The second-order valence-corrected chi connectivity index (χ2v) is 6.34. The number of benzene rings is 2. The molecule has 26 heavy (non-hydrogen) atoms. The lowest BCUT2D eigenvalue weighted by Gasteiger charge is -2.11. The molecule has 0 aliphatic heterocycles. The molecule has 2 aromatic carbocycles. The quantitative estimate of drug-likeness (QED) is 0.360. The first-order chi connectivity index (χ1) is 12.4. The monoisotopic (exact) mass is 379 g/mol. The van der Waals surface area contributed by atoms with E-state index in [0.717, 1.165) is 23.4 Å². The molecule has 3 rings (SSSR count). The number of alkyl halides is 3. The molecule has 3 aromatic rings. The molecule has 0 radical (unpaired) electrons. The van der Waals surface area contributed by atoms with Crippen LogP contribution in [0.2, 0.25) is 0 Å². The number of rotatable bonds is 6. The van der Waals surface area contributed by atoms with E-state index in [1.165, 1.54) is 17.4 Å². The van der Waals surface area contributed by atoms with Gasteiger partial charge in [0.2, 0.25) is 0 Å². The third-order valence-corrected chi connectivity index (χ3v) is 4.43. The zero-order valence-corrected chi connectivity index (χ0v) is 14.4. The lowest BCUT2D eigenvalue weighted by molar-refractivity contribution is -0.137. The van der Waals surface area contributed by atoms with E-state index in [1.807, 2.05) is 35.7 Å². The van der Waals surface area contributed by atoms with Crippen LogP contribution >= 0.6 is 11.3 Å². The summed E-state index contributed by atoms with van der Waals surface area (Å²) in [5.41, 5.74) is 7.35. The highest BCUT2D eigenvalue weighted by Gasteiger charge is 2.30. The Kier molecular flexibility index (Phi) is 5.43. The minimum absolute atomic E-state index is 0.0560. The van der Waals surface area contributed by atoms with E-state index in [1.54, 1.807) is 0 Å². The van der Waals surface area contributed by atoms with Crippen LogP contribution in [0.1, 0.15) is 11.1 Å². The second-order valence-electron chi connectivity index (χ2n) is 5.48. The van der Waals surface area contributed by atoms with Gasteiger partial charge in [-0.3, -0.25) is 0 Å². The summed E-state index contributed by atoms with van der Waals surface area (Å²) in [5.74, 6) is 0. The van der Waals surface area contributed by atoms with E-state index in [2.05, 4.69) is 10.3 Å². The number of aromatic nitrogens is 1. The molecule has 1 aromatic heterocycles. The molecule has 0 saturated heterocycles. The molecule has 0 bridgehead atoms. The van der Waals surface area contributed by atoms with Gasteiger partial charge in [0.15, 0.2) is 5.13 Å². The Hall–Kier alpha value is -2.58. The number of nitrogens with zero attached hydrogens (tertiary/aromatic N) is 1. The number of nitrogens with two attached hydrogens (primary N) is 1. The van der Waals surface area contributed by atoms with Crippen molar-refractivity contribution in [3.8, 4) is 11.3 Å². The van der Waals surface area contributed by atoms with Gasteiger partial charge in [0.05, 0.1) is 17.9 Å². The van der Waals surface area contributed by atoms with Crippen LogP contribution in [0.3, 0.4) is 0 Å². The summed E-state index contributed by atoms with van der Waals surface area (Å²) in [6.07, 6.45) is -4.41. The van der Waals surface area contributed by atoms with Gasteiger partial charge in [0.1, 0.15) is 6.73 Å². The average Bonchev–Trinajstić information content (AvgIpc) is 3.08. The van der Waals surface area contributed by atoms with Crippen LogP contribution < -0.4 is 11.1 Å². The van der Waals surface area contributed by atoms with Crippen molar-refractivity contribution >= 4 is 22.2 Å². The molecule has 0 unspecified atom stereocenters. The van der Waals surface area contributed by atoms with E-state index < -0.39 is 11.7 Å². The number of nitrogen functional groups attached to an aromatic ring is 1. The molecular formula is C18H16F3N3OS. The molecule has 3 N–H and O–H groups in total. The predicted octanol–water partition coefficient (Wildman–Crippen LogP) is 5.00. The number of ether oxygens (including phenoxy) is 1. The number of hydrogen-bond acceptors (Lipinski definition) is 5. The highest BCUT2D eigenvalue weighted by Crippen LogP contribution is 2.31. The highest BCUT2D eigenvalue weighted by atomic mass is 32.1. The molecule has 0 aliphatic carbocycles. The summed E-state index contributed by atoms with van der Waals surface area (Å²) in [6, 6.07) is 13.0. The third kappa shape index (κ3) is 4.53. The molecule has 0 amide bonds. The van der Waals surface area contributed by atoms with Crippen LogP contribution in [0.4, 0.5) is 24.0 Å². The Morgan fingerprint density at radius 2 is 1.88 bits per heavy atom. The topological polar surface area (TPSA) is 60.2 Å². The van der Waals surface area contributed by atoms with Crippen molar-refractivity contribution in [2.75, 3.05) is 17.8 Å². The van der Waals surface area contributed by atoms with Crippen LogP contribution in [0.25, 0.3) is 11.3 Å². The molecule has 136 valence electrons. The Labute approximate surface area is 152 Å². The van der Waals surface area contributed by atoms with Crippen LogP contribution in [-0.2, 0) is 17.5 Å². The normalized spacial score (nSPS) is 11.5. The Morgan fingerprint density at radius 3 is 2.58 bits per heavy atom. The molecular weight excluding hydrogens is 363 g/mol. The Morgan fingerprint density at radius 1 is 1.12 bits per heavy atom. The van der Waals surface area contributed by atoms with Crippen LogP contribution in [0, 0.1) is 0 Å². The standard InChI is InChI=1S/C18H16F3N3OS/c19-18(20,21)14-7-6-13(15(22)8-14)9-25-11-23-17-24-16(10-26-17)12-4-2-1-3-5-12/h1-8,10H,9,11,22H2,(H,23,24). The fourth-order valence-corrected chi connectivity index (χ4v) is 2.98. The third-order valence-electron chi connectivity index (χ3n) is 3.63. The summed E-state index contributed by atoms with van der Waals surface area (Å²) >= 11 is 1.45. The van der Waals surface area contributed by atoms with Crippen molar-refractivity contribution < 1.29 is 17.9 Å². The number of hydrogen-bond donors (Lipinski definition) is 2. The van der Waals surface area contributed by atoms with Crippen LogP contribution in [0.15, 0.2) is 53.9 Å². The molecule has 0 spiro atoms. The van der Waals surface area contributed by atoms with Crippen LogP contribution in [-0.4, -0.2) is 11.7 Å². The SMILES string of the molecule is Nc1cc(C(F)(F)F)ccc1COCNc1nc(-c2ccccc2)cs1. The van der Waals surface area contributed by atoms with E-state index in [-0.39, 0.29) is 19.0 Å². The van der Waals surface area contributed by atoms with Gasteiger partial charge < -0.3 is 15.8 Å². The van der Waals surface area contributed by atoms with Gasteiger partial charge in [-0.05, 0) is 12.1 Å². The summed E-state index contributed by atoms with van der Waals surface area (Å²) < 4.78 is 43.3. The van der Waals surface area contributed by atoms with Gasteiger partial charge in [-0.1, -0.05) is 36.4 Å². The maximum atomic E-state index is 12.6. The highest BCUT2D eigenvalue weighted by molar-refractivity contribution is 7.14. The maximum Gasteiger partial charge on any atom is 0.416 e. The number of nitrogens with one attached hydrogen (secondary N) is 1. The molecule has 8 heteroatoms. The first kappa shape index (κ1) is 18.2. The van der Waals surface area contributed by atoms with Gasteiger partial charge in [0.25, 0.3) is 0 Å². The number of anilines is 2. The van der Waals surface area contributed by atoms with Gasteiger partial charge in [0, 0.05) is 22.2 Å². The van der Waals surface area contributed by atoms with Gasteiger partial charge in [-0.25, -0.2) is 4.98 Å². The van der Waals surface area contributed by atoms with E-state index in [0.29, 0.717) is 10.7 Å². The largest absolute Gasteiger partial charge is 0.416 e. The second kappa shape index (κ2) is 7.76. The zero-order valence-electron chi connectivity index (χ0n) is 13.6. The smallest absolute Gasteiger partial charge is 0.398 e. The zero-order chi connectivity index (χ0) is 18.6. The molecule has 0 atom stereocenters. The molecule has 1 heterocycles. The minimum Gasteiger partial charge on any atom is -0.398 e. The van der Waals surface area contributed by atoms with Gasteiger partial charge >= 0.3 is 6.18 Å². The molecule has 0 fully saturated rings. The van der Waals surface area contributed by atoms with Crippen molar-refractivity contribution in [2.45, 2.75) is 12.8 Å². The van der Waals surface area contributed by atoms with E-state index in [4.69, 9.17) is 10.5 Å². The number of halogens is 3. The van der Waals surface area contributed by atoms with E-state index >= 15 is 0 Å². The van der Waals surface area contributed by atoms with Crippen molar-refractivity contribution in [3.63, 3.8) is 0 Å².